The van der Waals surface area contributed by atoms with E-state index in [4.69, 9.17) is 39.4 Å². The summed E-state index contributed by atoms with van der Waals surface area (Å²) in [5.41, 5.74) is 13.7. The van der Waals surface area contributed by atoms with Gasteiger partial charge in [0.1, 0.15) is 0 Å². The zero-order valence-electron chi connectivity index (χ0n) is 15.8. The van der Waals surface area contributed by atoms with E-state index in [1.54, 1.807) is 34.9 Å². The van der Waals surface area contributed by atoms with Crippen LogP contribution >= 0.6 is 23.2 Å². The maximum Gasteiger partial charge on any atom is 0.198 e. The molecule has 3 rings (SSSR count). The fraction of sp³-hybridized carbons (Fsp3) is 0.444. The lowest BCUT2D eigenvalue weighted by Crippen LogP contribution is -2.40. The molecule has 2 heterocycles. The number of nitrogens with two attached hydrogens (primary N) is 2. The molecule has 2 aromatic rings. The van der Waals surface area contributed by atoms with Gasteiger partial charge < -0.3 is 21.1 Å². The maximum absolute atomic E-state index is 6.46. The highest BCUT2D eigenvalue weighted by Gasteiger charge is 2.36. The van der Waals surface area contributed by atoms with E-state index in [1.807, 2.05) is 20.9 Å². The van der Waals surface area contributed by atoms with Gasteiger partial charge in [-0.25, -0.2) is 4.68 Å². The van der Waals surface area contributed by atoms with Crippen molar-refractivity contribution in [1.29, 1.82) is 0 Å². The maximum atomic E-state index is 6.46. The third kappa shape index (κ3) is 3.59. The van der Waals surface area contributed by atoms with Gasteiger partial charge >= 0.3 is 0 Å². The van der Waals surface area contributed by atoms with E-state index in [0.717, 1.165) is 17.5 Å². The van der Waals surface area contributed by atoms with Crippen molar-refractivity contribution in [2.45, 2.75) is 38.5 Å². The second-order valence-corrected chi connectivity index (χ2v) is 7.99. The Kier molecular flexibility index (Phi) is 5.29. The minimum atomic E-state index is -0.372. The van der Waals surface area contributed by atoms with Crippen molar-refractivity contribution >= 4 is 40.8 Å². The van der Waals surface area contributed by atoms with Crippen molar-refractivity contribution in [3.8, 4) is 0 Å². The Bertz CT molecular complexity index is 872. The summed E-state index contributed by atoms with van der Waals surface area (Å²) in [6.07, 6.45) is 0.736. The largest absolute Gasteiger partial charge is 0.382 e. The highest BCUT2D eigenvalue weighted by atomic mass is 35.5. The molecular weight excluding hydrogens is 387 g/mol. The molecule has 1 unspecified atom stereocenters. The molecule has 27 heavy (non-hydrogen) atoms. The second kappa shape index (κ2) is 7.22. The number of halogens is 2. The van der Waals surface area contributed by atoms with Gasteiger partial charge in [-0.1, -0.05) is 29.3 Å². The summed E-state index contributed by atoms with van der Waals surface area (Å²) in [5.74, 6) is 1.34. The number of hydrogen-bond donors (Lipinski definition) is 2. The smallest absolute Gasteiger partial charge is 0.198 e. The number of aromatic nitrogens is 2. The molecule has 7 nitrogen and oxygen atoms in total. The Morgan fingerprint density at radius 2 is 1.81 bits per heavy atom. The molecule has 1 aliphatic heterocycles. The van der Waals surface area contributed by atoms with E-state index in [1.165, 1.54) is 0 Å². The standard InChI is InChI=1S/C18H24Cl2N6O/c1-18(2,27-4)8-9-26-16-13(15(21)24-26)14(25(3)17(22)23-16)12-10(19)6-5-7-11(12)20/h5-7,14H,8-9H2,1-4H3,(H2,21,24)(H2,22,23). The van der Waals surface area contributed by atoms with Crippen LogP contribution in [-0.2, 0) is 11.3 Å². The predicted octanol–water partition coefficient (Wildman–Crippen LogP) is 3.57. The molecule has 0 fully saturated rings. The number of benzene rings is 1. The van der Waals surface area contributed by atoms with Crippen LogP contribution in [0.25, 0.3) is 0 Å². The van der Waals surface area contributed by atoms with Gasteiger partial charge in [0.25, 0.3) is 0 Å². The summed E-state index contributed by atoms with van der Waals surface area (Å²) in [6.45, 7) is 4.62. The molecule has 0 radical (unpaired) electrons. The lowest BCUT2D eigenvalue weighted by molar-refractivity contribution is 0.0114. The SMILES string of the molecule is COC(C)(C)CCn1nc(N)c2c1N=C(N)N(C)C2c1c(Cl)cccc1Cl. The van der Waals surface area contributed by atoms with Crippen LogP contribution in [0.2, 0.25) is 10.0 Å². The summed E-state index contributed by atoms with van der Waals surface area (Å²) in [4.78, 5) is 6.33. The van der Waals surface area contributed by atoms with Crippen LogP contribution in [0.3, 0.4) is 0 Å². The molecule has 0 amide bonds. The fourth-order valence-corrected chi connectivity index (χ4v) is 3.73. The van der Waals surface area contributed by atoms with E-state index in [0.29, 0.717) is 34.2 Å². The van der Waals surface area contributed by atoms with Crippen LogP contribution < -0.4 is 11.5 Å². The van der Waals surface area contributed by atoms with Gasteiger partial charge in [0, 0.05) is 36.3 Å². The van der Waals surface area contributed by atoms with E-state index in [9.17, 15) is 0 Å². The van der Waals surface area contributed by atoms with Gasteiger partial charge in [0.05, 0.1) is 17.2 Å². The number of nitrogen functional groups attached to an aromatic ring is 1. The fourth-order valence-electron chi connectivity index (χ4n) is 3.12. The molecule has 0 saturated heterocycles. The minimum Gasteiger partial charge on any atom is -0.382 e. The first-order chi connectivity index (χ1) is 12.7. The number of ether oxygens (including phenoxy) is 1. The molecule has 0 bridgehead atoms. The number of aryl methyl sites for hydroxylation is 1. The quantitative estimate of drug-likeness (QED) is 0.785. The van der Waals surface area contributed by atoms with Crippen molar-refractivity contribution in [3.05, 3.63) is 39.4 Å². The topological polar surface area (TPSA) is 94.7 Å². The molecule has 1 aromatic heterocycles. The summed E-state index contributed by atoms with van der Waals surface area (Å²) in [5, 5.41) is 5.57. The third-order valence-corrected chi connectivity index (χ3v) is 5.64. The number of anilines is 1. The van der Waals surface area contributed by atoms with Gasteiger partial charge in [-0.05, 0) is 32.4 Å². The van der Waals surface area contributed by atoms with Crippen LogP contribution in [0.1, 0.15) is 37.4 Å². The van der Waals surface area contributed by atoms with Crippen LogP contribution in [-0.4, -0.2) is 40.4 Å². The Balaban J connectivity index is 2.11. The van der Waals surface area contributed by atoms with Crippen LogP contribution in [0.5, 0.6) is 0 Å². The summed E-state index contributed by atoms with van der Waals surface area (Å²) >= 11 is 12.9. The molecular formula is C18H24Cl2N6O. The number of hydrogen-bond acceptors (Lipinski definition) is 6. The number of rotatable bonds is 5. The average Bonchev–Trinajstić information content (AvgIpc) is 2.91. The first-order valence-electron chi connectivity index (χ1n) is 8.58. The van der Waals surface area contributed by atoms with Gasteiger partial charge in [-0.2, -0.15) is 10.1 Å². The van der Waals surface area contributed by atoms with Gasteiger partial charge in [-0.15, -0.1) is 0 Å². The van der Waals surface area contributed by atoms with Crippen molar-refractivity contribution in [2.75, 3.05) is 19.9 Å². The molecule has 4 N–H and O–H groups in total. The molecule has 1 aromatic carbocycles. The monoisotopic (exact) mass is 410 g/mol. The van der Waals surface area contributed by atoms with Crippen molar-refractivity contribution < 1.29 is 4.74 Å². The van der Waals surface area contributed by atoms with Crippen molar-refractivity contribution in [1.82, 2.24) is 14.7 Å². The van der Waals surface area contributed by atoms with Gasteiger partial charge in [0.2, 0.25) is 0 Å². The zero-order chi connectivity index (χ0) is 19.9. The van der Waals surface area contributed by atoms with Crippen LogP contribution in [0.15, 0.2) is 23.2 Å². The Labute approximate surface area is 168 Å². The van der Waals surface area contributed by atoms with Crippen LogP contribution in [0, 0.1) is 0 Å². The van der Waals surface area contributed by atoms with E-state index in [-0.39, 0.29) is 11.6 Å². The summed E-state index contributed by atoms with van der Waals surface area (Å²) in [7, 11) is 3.52. The highest BCUT2D eigenvalue weighted by molar-refractivity contribution is 6.36. The normalized spacial score (nSPS) is 17.0. The van der Waals surface area contributed by atoms with E-state index < -0.39 is 0 Å². The molecule has 0 spiro atoms. The summed E-state index contributed by atoms with van der Waals surface area (Å²) < 4.78 is 7.26. The average molecular weight is 411 g/mol. The second-order valence-electron chi connectivity index (χ2n) is 7.18. The van der Waals surface area contributed by atoms with Crippen molar-refractivity contribution in [3.63, 3.8) is 0 Å². The van der Waals surface area contributed by atoms with Gasteiger partial charge in [0.15, 0.2) is 17.6 Å². The molecule has 1 atom stereocenters. The van der Waals surface area contributed by atoms with Crippen molar-refractivity contribution in [2.24, 2.45) is 10.7 Å². The third-order valence-electron chi connectivity index (χ3n) is 4.98. The zero-order valence-corrected chi connectivity index (χ0v) is 17.3. The Morgan fingerprint density at radius 1 is 1.19 bits per heavy atom. The van der Waals surface area contributed by atoms with E-state index >= 15 is 0 Å². The molecule has 0 aliphatic carbocycles. The van der Waals surface area contributed by atoms with Gasteiger partial charge in [-0.3, -0.25) is 0 Å². The lowest BCUT2D eigenvalue weighted by atomic mass is 9.97. The first-order valence-corrected chi connectivity index (χ1v) is 9.34. The van der Waals surface area contributed by atoms with Crippen LogP contribution in [0.4, 0.5) is 11.6 Å². The first kappa shape index (κ1) is 19.8. The van der Waals surface area contributed by atoms with E-state index in [2.05, 4.69) is 10.1 Å². The molecule has 146 valence electrons. The lowest BCUT2D eigenvalue weighted by Gasteiger charge is -2.33. The molecule has 9 heteroatoms. The number of methoxy groups -OCH3 is 1. The molecule has 0 saturated carbocycles. The number of fused-ring (bicyclic) bond motifs is 1. The minimum absolute atomic E-state index is 0.292. The predicted molar refractivity (Wildman–Crippen MR) is 110 cm³/mol. The number of nitrogens with zero attached hydrogens (tertiary/aromatic N) is 4. The highest BCUT2D eigenvalue weighted by Crippen LogP contribution is 2.45. The Morgan fingerprint density at radius 3 is 2.41 bits per heavy atom. The summed E-state index contributed by atoms with van der Waals surface area (Å²) in [6, 6.07) is 5.01. The number of guanidine groups is 1. The Hall–Kier alpha value is -1.96. The number of aliphatic imine (C=N–C) groups is 1. The molecule has 1 aliphatic rings.